The van der Waals surface area contributed by atoms with Gasteiger partial charge in [-0.25, -0.2) is 0 Å². The Morgan fingerprint density at radius 3 is 2.22 bits per heavy atom. The van der Waals surface area contributed by atoms with Crippen LogP contribution in [0.1, 0.15) is 27.7 Å². The van der Waals surface area contributed by atoms with Crippen LogP contribution in [0.4, 0.5) is 0 Å². The van der Waals surface area contributed by atoms with Crippen molar-refractivity contribution in [2.45, 2.75) is 57.1 Å². The summed E-state index contributed by atoms with van der Waals surface area (Å²) in [5, 5.41) is 19.9. The number of aliphatic hydroxyl groups is 2. The maximum absolute atomic E-state index is 10.4. The number of aliphatic hydroxyl groups excluding tert-OH is 2. The maximum atomic E-state index is 10.4. The van der Waals surface area contributed by atoms with E-state index in [1.165, 1.54) is 0 Å². The molecule has 106 valence electrons. The van der Waals surface area contributed by atoms with Crippen LogP contribution in [0.2, 0.25) is 0 Å². The Balaban J connectivity index is 2.10. The highest BCUT2D eigenvalue weighted by Gasteiger charge is 2.54. The third kappa shape index (κ3) is 2.54. The van der Waals surface area contributed by atoms with Crippen molar-refractivity contribution >= 4 is 0 Å². The highest BCUT2D eigenvalue weighted by atomic mass is 16.8. The topological polar surface area (TPSA) is 77.4 Å². The summed E-state index contributed by atoms with van der Waals surface area (Å²) in [5.74, 6) is -1.55. The van der Waals surface area contributed by atoms with E-state index in [0.717, 1.165) is 0 Å². The monoisotopic (exact) mass is 262 g/mol. The molecule has 0 aromatic carbocycles. The molecule has 0 radical (unpaired) electrons. The first kappa shape index (κ1) is 14.2. The van der Waals surface area contributed by atoms with Crippen molar-refractivity contribution in [1.82, 2.24) is 0 Å². The fourth-order valence-corrected chi connectivity index (χ4v) is 2.37. The van der Waals surface area contributed by atoms with Crippen molar-refractivity contribution < 1.29 is 29.2 Å². The Morgan fingerprint density at radius 2 is 1.83 bits per heavy atom. The summed E-state index contributed by atoms with van der Waals surface area (Å²) in [6.07, 6.45) is -1.55. The van der Waals surface area contributed by atoms with Crippen LogP contribution >= 0.6 is 0 Å². The quantitative estimate of drug-likeness (QED) is 0.746. The fraction of sp³-hybridized carbons (Fsp3) is 1.00. The second-order valence-corrected chi connectivity index (χ2v) is 5.83. The van der Waals surface area contributed by atoms with E-state index in [0.29, 0.717) is 0 Å². The molecule has 2 rings (SSSR count). The van der Waals surface area contributed by atoms with Crippen LogP contribution in [0, 0.1) is 0 Å². The molecular formula is C12H22O6. The molecule has 3 atom stereocenters. The second-order valence-electron chi connectivity index (χ2n) is 5.83. The highest BCUT2D eigenvalue weighted by molar-refractivity contribution is 4.98. The van der Waals surface area contributed by atoms with Crippen molar-refractivity contribution in [2.24, 2.45) is 0 Å². The summed E-state index contributed by atoms with van der Waals surface area (Å²) in [6.45, 7) is 7.10. The van der Waals surface area contributed by atoms with Gasteiger partial charge in [0, 0.05) is 0 Å². The molecule has 0 aromatic heterocycles. The third-order valence-corrected chi connectivity index (χ3v) is 3.30. The van der Waals surface area contributed by atoms with Crippen LogP contribution in [0.3, 0.4) is 0 Å². The van der Waals surface area contributed by atoms with Crippen LogP contribution in [0.25, 0.3) is 0 Å². The Bertz CT molecular complexity index is 316. The van der Waals surface area contributed by atoms with E-state index in [4.69, 9.17) is 18.9 Å². The minimum atomic E-state index is -1.15. The summed E-state index contributed by atoms with van der Waals surface area (Å²) in [5.41, 5.74) is -1.15. The fourth-order valence-electron chi connectivity index (χ4n) is 2.37. The van der Waals surface area contributed by atoms with Gasteiger partial charge >= 0.3 is 0 Å². The predicted molar refractivity (Wildman–Crippen MR) is 61.8 cm³/mol. The van der Waals surface area contributed by atoms with Gasteiger partial charge in [0.1, 0.15) is 17.8 Å². The zero-order chi connectivity index (χ0) is 13.6. The summed E-state index contributed by atoms with van der Waals surface area (Å²) < 4.78 is 22.1. The normalized spacial score (nSPS) is 40.0. The SMILES string of the molecule is CC1(C)OC[C@@H]([C@H](O)[C@]2(CO)COC(C)(C)O2)O1. The molecule has 0 unspecified atom stereocenters. The first-order chi connectivity index (χ1) is 8.20. The molecule has 0 bridgehead atoms. The average molecular weight is 262 g/mol. The van der Waals surface area contributed by atoms with E-state index in [-0.39, 0.29) is 19.8 Å². The van der Waals surface area contributed by atoms with E-state index in [1.54, 1.807) is 27.7 Å². The number of hydrogen-bond donors (Lipinski definition) is 2. The minimum absolute atomic E-state index is 0.123. The van der Waals surface area contributed by atoms with Crippen LogP contribution in [-0.4, -0.2) is 59.4 Å². The Morgan fingerprint density at radius 1 is 1.17 bits per heavy atom. The van der Waals surface area contributed by atoms with Gasteiger partial charge in [0.05, 0.1) is 19.8 Å². The van der Waals surface area contributed by atoms with Crippen molar-refractivity contribution in [2.75, 3.05) is 19.8 Å². The zero-order valence-electron chi connectivity index (χ0n) is 11.3. The molecule has 2 fully saturated rings. The molecular weight excluding hydrogens is 240 g/mol. The smallest absolute Gasteiger partial charge is 0.164 e. The molecule has 0 saturated carbocycles. The number of hydrogen-bond acceptors (Lipinski definition) is 6. The summed E-state index contributed by atoms with van der Waals surface area (Å²) in [7, 11) is 0. The lowest BCUT2D eigenvalue weighted by Gasteiger charge is -2.34. The standard InChI is InChI=1S/C12H22O6/c1-10(2)15-5-8(17-10)9(14)12(6-13)7-16-11(3,4)18-12/h8-9,13-14H,5-7H2,1-4H3/t8-,9-,12-/m0/s1. The number of ether oxygens (including phenoxy) is 4. The molecule has 0 amide bonds. The second kappa shape index (κ2) is 4.40. The lowest BCUT2D eigenvalue weighted by Crippen LogP contribution is -2.55. The molecule has 6 nitrogen and oxygen atoms in total. The van der Waals surface area contributed by atoms with Gasteiger partial charge in [-0.15, -0.1) is 0 Å². The third-order valence-electron chi connectivity index (χ3n) is 3.30. The van der Waals surface area contributed by atoms with Gasteiger partial charge in [0.2, 0.25) is 0 Å². The minimum Gasteiger partial charge on any atom is -0.393 e. The lowest BCUT2D eigenvalue weighted by atomic mass is 9.94. The van der Waals surface area contributed by atoms with Crippen molar-refractivity contribution in [3.8, 4) is 0 Å². The molecule has 2 aliphatic rings. The van der Waals surface area contributed by atoms with E-state index in [2.05, 4.69) is 0 Å². The van der Waals surface area contributed by atoms with Crippen LogP contribution in [-0.2, 0) is 18.9 Å². The molecule has 2 heterocycles. The van der Waals surface area contributed by atoms with Gasteiger partial charge < -0.3 is 29.2 Å². The maximum Gasteiger partial charge on any atom is 0.164 e. The van der Waals surface area contributed by atoms with Crippen molar-refractivity contribution in [3.63, 3.8) is 0 Å². The van der Waals surface area contributed by atoms with E-state index in [9.17, 15) is 10.2 Å². The molecule has 18 heavy (non-hydrogen) atoms. The molecule has 2 saturated heterocycles. The molecule has 2 N–H and O–H groups in total. The van der Waals surface area contributed by atoms with Crippen molar-refractivity contribution in [3.05, 3.63) is 0 Å². The van der Waals surface area contributed by atoms with Gasteiger partial charge in [0.25, 0.3) is 0 Å². The first-order valence-corrected chi connectivity index (χ1v) is 6.15. The lowest BCUT2D eigenvalue weighted by molar-refractivity contribution is -0.218. The molecule has 0 spiro atoms. The van der Waals surface area contributed by atoms with Crippen molar-refractivity contribution in [1.29, 1.82) is 0 Å². The van der Waals surface area contributed by atoms with Gasteiger partial charge in [-0.2, -0.15) is 0 Å². The van der Waals surface area contributed by atoms with Gasteiger partial charge in [-0.3, -0.25) is 0 Å². The summed E-state index contributed by atoms with van der Waals surface area (Å²) >= 11 is 0. The summed E-state index contributed by atoms with van der Waals surface area (Å²) in [4.78, 5) is 0. The first-order valence-electron chi connectivity index (χ1n) is 6.15. The largest absolute Gasteiger partial charge is 0.393 e. The highest BCUT2D eigenvalue weighted by Crippen LogP contribution is 2.37. The van der Waals surface area contributed by atoms with E-state index >= 15 is 0 Å². The van der Waals surface area contributed by atoms with E-state index < -0.39 is 29.4 Å². The molecule has 0 aliphatic carbocycles. The molecule has 2 aliphatic heterocycles. The Hall–Kier alpha value is -0.240. The Labute approximate surface area is 107 Å². The average Bonchev–Trinajstić information content (AvgIpc) is 2.78. The summed E-state index contributed by atoms with van der Waals surface area (Å²) in [6, 6.07) is 0. The zero-order valence-corrected chi connectivity index (χ0v) is 11.3. The van der Waals surface area contributed by atoms with Gasteiger partial charge in [-0.05, 0) is 27.7 Å². The predicted octanol–water partition coefficient (Wildman–Crippen LogP) is 0.0128. The Kier molecular flexibility index (Phi) is 3.46. The van der Waals surface area contributed by atoms with Crippen LogP contribution in [0.15, 0.2) is 0 Å². The van der Waals surface area contributed by atoms with Crippen LogP contribution < -0.4 is 0 Å². The van der Waals surface area contributed by atoms with Crippen LogP contribution in [0.5, 0.6) is 0 Å². The molecule has 6 heteroatoms. The van der Waals surface area contributed by atoms with E-state index in [1.807, 2.05) is 0 Å². The van der Waals surface area contributed by atoms with Gasteiger partial charge in [0.15, 0.2) is 11.6 Å². The number of rotatable bonds is 3. The molecule has 0 aromatic rings. The van der Waals surface area contributed by atoms with Gasteiger partial charge in [-0.1, -0.05) is 0 Å².